The predicted molar refractivity (Wildman–Crippen MR) is 72.2 cm³/mol. The molecular weight excluding hydrogens is 311 g/mol. The van der Waals surface area contributed by atoms with E-state index in [4.69, 9.17) is 0 Å². The molecule has 2 aliphatic rings. The van der Waals surface area contributed by atoms with Crippen LogP contribution in [0, 0.1) is 0 Å². The number of alkyl halides is 3. The van der Waals surface area contributed by atoms with Crippen molar-refractivity contribution in [3.63, 3.8) is 0 Å². The van der Waals surface area contributed by atoms with Gasteiger partial charge in [-0.05, 0) is 18.2 Å². The summed E-state index contributed by atoms with van der Waals surface area (Å²) in [7, 11) is 0. The van der Waals surface area contributed by atoms with E-state index >= 15 is 0 Å². The van der Waals surface area contributed by atoms with Gasteiger partial charge in [0.05, 0.1) is 11.4 Å². The molecule has 1 atom stereocenters. The Bertz CT molecular complexity index is 601. The van der Waals surface area contributed by atoms with Gasteiger partial charge in [0.1, 0.15) is 11.0 Å². The van der Waals surface area contributed by atoms with Gasteiger partial charge in [-0.2, -0.15) is 0 Å². The first-order valence-corrected chi connectivity index (χ1v) is 7.70. The summed E-state index contributed by atoms with van der Waals surface area (Å²) in [5, 5.41) is -0.370. The highest BCUT2D eigenvalue weighted by Crippen LogP contribution is 2.42. The Labute approximate surface area is 121 Å². The van der Waals surface area contributed by atoms with Crippen molar-refractivity contribution in [1.29, 1.82) is 0 Å². The quantitative estimate of drug-likeness (QED) is 0.795. The summed E-state index contributed by atoms with van der Waals surface area (Å²) in [5.41, 5.74) is 1.37. The van der Waals surface area contributed by atoms with Gasteiger partial charge in [-0.25, -0.2) is 0 Å². The van der Waals surface area contributed by atoms with E-state index in [-0.39, 0.29) is 16.8 Å². The molecule has 0 N–H and O–H groups in total. The number of thioether (sulfide) groups is 2. The van der Waals surface area contributed by atoms with Crippen molar-refractivity contribution in [2.75, 3.05) is 11.5 Å². The van der Waals surface area contributed by atoms with Gasteiger partial charge < -0.3 is 4.74 Å². The standard InChI is InChI=1S/C12H8F3NO2S2/c13-12(14,15)18-6-1-2-7-10(3-6)20-11-8(16-7)4-19-5-9(11)17/h1-3,11H,4-5H2. The second-order valence-electron chi connectivity index (χ2n) is 4.24. The Kier molecular flexibility index (Phi) is 3.45. The third-order valence-corrected chi connectivity index (χ3v) is 5.10. The summed E-state index contributed by atoms with van der Waals surface area (Å²) < 4.78 is 40.5. The van der Waals surface area contributed by atoms with Crippen LogP contribution < -0.4 is 4.74 Å². The van der Waals surface area contributed by atoms with Crippen molar-refractivity contribution in [3.05, 3.63) is 18.2 Å². The van der Waals surface area contributed by atoms with Gasteiger partial charge >= 0.3 is 6.36 Å². The average Bonchev–Trinajstić information content (AvgIpc) is 2.35. The van der Waals surface area contributed by atoms with Crippen molar-refractivity contribution in [3.8, 4) is 5.75 Å². The smallest absolute Gasteiger partial charge is 0.406 e. The molecule has 0 saturated carbocycles. The third-order valence-electron chi connectivity index (χ3n) is 2.76. The fourth-order valence-electron chi connectivity index (χ4n) is 1.98. The maximum absolute atomic E-state index is 12.2. The highest BCUT2D eigenvalue weighted by molar-refractivity contribution is 8.04. The minimum atomic E-state index is -4.72. The number of carbonyl (C=O) groups is 1. The zero-order valence-electron chi connectivity index (χ0n) is 9.94. The zero-order chi connectivity index (χ0) is 14.3. The normalized spacial score (nSPS) is 21.9. The van der Waals surface area contributed by atoms with Gasteiger partial charge in [0.15, 0.2) is 5.78 Å². The van der Waals surface area contributed by atoms with Crippen LogP contribution >= 0.6 is 23.5 Å². The van der Waals surface area contributed by atoms with Crippen LogP contribution in [-0.4, -0.2) is 34.6 Å². The first-order chi connectivity index (χ1) is 9.42. The Hall–Kier alpha value is -1.15. The van der Waals surface area contributed by atoms with Crippen LogP contribution in [0.4, 0.5) is 18.9 Å². The lowest BCUT2D eigenvalue weighted by atomic mass is 10.2. The molecule has 0 aromatic heterocycles. The maximum atomic E-state index is 12.2. The van der Waals surface area contributed by atoms with Crippen LogP contribution in [-0.2, 0) is 4.79 Å². The summed E-state index contributed by atoms with van der Waals surface area (Å²) in [6, 6.07) is 3.99. The molecule has 106 valence electrons. The number of fused-ring (bicyclic) bond motifs is 2. The molecule has 0 aliphatic carbocycles. The first-order valence-electron chi connectivity index (χ1n) is 5.67. The third kappa shape index (κ3) is 2.80. The number of carbonyl (C=O) groups excluding carboxylic acids is 1. The molecule has 1 unspecified atom stereocenters. The molecular formula is C12H8F3NO2S2. The van der Waals surface area contributed by atoms with E-state index in [9.17, 15) is 18.0 Å². The summed E-state index contributed by atoms with van der Waals surface area (Å²) >= 11 is 2.76. The minimum Gasteiger partial charge on any atom is -0.406 e. The Morgan fingerprint density at radius 3 is 2.85 bits per heavy atom. The fraction of sp³-hybridized carbons (Fsp3) is 0.333. The van der Waals surface area contributed by atoms with E-state index in [0.717, 1.165) is 5.71 Å². The van der Waals surface area contributed by atoms with Crippen molar-refractivity contribution in [2.24, 2.45) is 4.99 Å². The lowest BCUT2D eigenvalue weighted by Crippen LogP contribution is -2.35. The van der Waals surface area contributed by atoms with Crippen molar-refractivity contribution < 1.29 is 22.7 Å². The molecule has 1 saturated heterocycles. The minimum absolute atomic E-state index is 0.0535. The number of Topliss-reactive ketones (excluding diaryl/α,β-unsaturated/α-hetero) is 1. The van der Waals surface area contributed by atoms with Gasteiger partial charge in [-0.15, -0.1) is 36.7 Å². The number of halogens is 3. The highest BCUT2D eigenvalue weighted by atomic mass is 32.2. The molecule has 3 nitrogen and oxygen atoms in total. The number of benzene rings is 1. The van der Waals surface area contributed by atoms with Crippen LogP contribution in [0.15, 0.2) is 28.1 Å². The molecule has 0 spiro atoms. The number of aliphatic imine (C=N–C) groups is 1. The topological polar surface area (TPSA) is 38.7 Å². The lowest BCUT2D eigenvalue weighted by Gasteiger charge is -2.26. The van der Waals surface area contributed by atoms with Crippen LogP contribution in [0.25, 0.3) is 0 Å². The van der Waals surface area contributed by atoms with Gasteiger partial charge in [-0.1, -0.05) is 0 Å². The van der Waals surface area contributed by atoms with Crippen molar-refractivity contribution >= 4 is 40.7 Å². The zero-order valence-corrected chi connectivity index (χ0v) is 11.6. The number of nitrogens with zero attached hydrogens (tertiary/aromatic N) is 1. The van der Waals surface area contributed by atoms with Crippen molar-refractivity contribution in [1.82, 2.24) is 0 Å². The highest BCUT2D eigenvalue weighted by Gasteiger charge is 2.34. The van der Waals surface area contributed by atoms with E-state index in [1.807, 2.05) is 0 Å². The van der Waals surface area contributed by atoms with Crippen LogP contribution in [0.2, 0.25) is 0 Å². The van der Waals surface area contributed by atoms with Gasteiger partial charge in [-0.3, -0.25) is 9.79 Å². The molecule has 0 bridgehead atoms. The number of rotatable bonds is 1. The molecule has 20 heavy (non-hydrogen) atoms. The van der Waals surface area contributed by atoms with Crippen LogP contribution in [0.3, 0.4) is 0 Å². The number of ketones is 1. The Balaban J connectivity index is 1.92. The average molecular weight is 319 g/mol. The fourth-order valence-corrected chi connectivity index (χ4v) is 4.26. The molecule has 3 rings (SSSR count). The summed E-state index contributed by atoms with van der Waals surface area (Å²) in [6.45, 7) is 0. The van der Waals surface area contributed by atoms with E-state index in [1.54, 1.807) is 0 Å². The molecule has 2 heterocycles. The van der Waals surface area contributed by atoms with E-state index in [1.165, 1.54) is 41.7 Å². The predicted octanol–water partition coefficient (Wildman–Crippen LogP) is 3.45. The summed E-state index contributed by atoms with van der Waals surface area (Å²) in [5.74, 6) is 0.867. The van der Waals surface area contributed by atoms with Crippen LogP contribution in [0.1, 0.15) is 0 Å². The Morgan fingerprint density at radius 1 is 1.30 bits per heavy atom. The van der Waals surface area contributed by atoms with E-state index in [2.05, 4.69) is 9.73 Å². The number of hydrogen-bond acceptors (Lipinski definition) is 5. The van der Waals surface area contributed by atoms with E-state index < -0.39 is 6.36 Å². The molecule has 2 aliphatic heterocycles. The molecule has 8 heteroatoms. The number of ether oxygens (including phenoxy) is 1. The lowest BCUT2D eigenvalue weighted by molar-refractivity contribution is -0.274. The van der Waals surface area contributed by atoms with Crippen molar-refractivity contribution in [2.45, 2.75) is 16.5 Å². The molecule has 1 aromatic rings. The molecule has 0 radical (unpaired) electrons. The van der Waals surface area contributed by atoms with Gasteiger partial charge in [0.25, 0.3) is 0 Å². The molecule has 1 fully saturated rings. The SMILES string of the molecule is O=C1CSCC2=Nc3ccc(OC(F)(F)F)cc3SC12. The molecule has 1 aromatic carbocycles. The van der Waals surface area contributed by atoms with Gasteiger partial charge in [0.2, 0.25) is 0 Å². The summed E-state index contributed by atoms with van der Waals surface area (Å²) in [6.07, 6.45) is -4.72. The second-order valence-corrected chi connectivity index (χ2v) is 6.37. The molecule has 0 amide bonds. The number of hydrogen-bond donors (Lipinski definition) is 0. The first kappa shape index (κ1) is 13.8. The maximum Gasteiger partial charge on any atom is 0.573 e. The van der Waals surface area contributed by atoms with E-state index in [0.29, 0.717) is 22.1 Å². The monoisotopic (exact) mass is 319 g/mol. The largest absolute Gasteiger partial charge is 0.573 e. The van der Waals surface area contributed by atoms with Gasteiger partial charge in [0, 0.05) is 16.4 Å². The second kappa shape index (κ2) is 5.00. The van der Waals surface area contributed by atoms with Crippen LogP contribution in [0.5, 0.6) is 5.75 Å². The Morgan fingerprint density at radius 2 is 2.10 bits per heavy atom. The summed E-state index contributed by atoms with van der Waals surface area (Å²) in [4.78, 5) is 16.7.